The highest BCUT2D eigenvalue weighted by molar-refractivity contribution is 5.96. The molecular weight excluding hydrogens is 330 g/mol. The van der Waals surface area contributed by atoms with Crippen LogP contribution in [-0.4, -0.2) is 90.1 Å². The second-order valence-electron chi connectivity index (χ2n) is 8.23. The number of nitrogens with one attached hydrogen (secondary N) is 2. The van der Waals surface area contributed by atoms with Crippen molar-refractivity contribution in [2.45, 2.75) is 71.6 Å². The Kier molecular flexibility index (Phi) is 7.85. The van der Waals surface area contributed by atoms with E-state index in [1.807, 2.05) is 20.8 Å². The van der Waals surface area contributed by atoms with Gasteiger partial charge >= 0.3 is 6.03 Å². The van der Waals surface area contributed by atoms with E-state index in [9.17, 15) is 9.59 Å². The Bertz CT molecular complexity index is 467. The maximum absolute atomic E-state index is 12.3. The smallest absolute Gasteiger partial charge is 0.321 e. The Morgan fingerprint density at radius 3 is 1.92 bits per heavy atom. The fraction of sp³-hybridized carbons (Fsp3) is 0.895. The quantitative estimate of drug-likeness (QED) is 0.762. The molecule has 2 rings (SSSR count). The molecular formula is C19H37N5O2. The summed E-state index contributed by atoms with van der Waals surface area (Å²) in [5, 5.41) is 5.14. The topological polar surface area (TPSA) is 67.9 Å². The van der Waals surface area contributed by atoms with Crippen molar-refractivity contribution in [1.82, 2.24) is 25.3 Å². The number of amides is 3. The third-order valence-electron chi connectivity index (χ3n) is 5.68. The molecule has 0 aromatic heterocycles. The molecule has 2 N–H and O–H groups in total. The fourth-order valence-corrected chi connectivity index (χ4v) is 3.94. The second-order valence-corrected chi connectivity index (χ2v) is 8.23. The van der Waals surface area contributed by atoms with E-state index in [1.165, 1.54) is 25.9 Å². The van der Waals surface area contributed by atoms with Crippen LogP contribution in [0, 0.1) is 0 Å². The van der Waals surface area contributed by atoms with Crippen LogP contribution < -0.4 is 10.6 Å². The van der Waals surface area contributed by atoms with Gasteiger partial charge in [0.25, 0.3) is 0 Å². The number of hydrogen-bond acceptors (Lipinski definition) is 5. The van der Waals surface area contributed by atoms with E-state index in [4.69, 9.17) is 0 Å². The van der Waals surface area contributed by atoms with Crippen LogP contribution in [0.3, 0.4) is 0 Å². The van der Waals surface area contributed by atoms with Gasteiger partial charge in [0.1, 0.15) is 0 Å². The van der Waals surface area contributed by atoms with E-state index in [0.717, 1.165) is 26.2 Å². The molecule has 2 saturated heterocycles. The van der Waals surface area contributed by atoms with Crippen molar-refractivity contribution in [1.29, 1.82) is 0 Å². The van der Waals surface area contributed by atoms with E-state index < -0.39 is 6.03 Å². The van der Waals surface area contributed by atoms with Crippen molar-refractivity contribution in [3.05, 3.63) is 0 Å². The Labute approximate surface area is 158 Å². The Morgan fingerprint density at radius 1 is 0.846 bits per heavy atom. The van der Waals surface area contributed by atoms with Gasteiger partial charge in [0, 0.05) is 44.3 Å². The molecule has 0 saturated carbocycles. The summed E-state index contributed by atoms with van der Waals surface area (Å²) in [5.41, 5.74) is 0. The molecule has 1 atom stereocenters. The molecule has 0 unspecified atom stereocenters. The highest BCUT2D eigenvalue weighted by Gasteiger charge is 2.31. The van der Waals surface area contributed by atoms with Gasteiger partial charge in [-0.1, -0.05) is 0 Å². The zero-order chi connectivity index (χ0) is 19.3. The molecule has 7 heteroatoms. The molecule has 0 aromatic carbocycles. The SMILES string of the molecule is CC(C)NC(=O)NC(=O)[C@@H](C)N1CCN(C2CCN(C(C)C)CC2)CC1. The maximum Gasteiger partial charge on any atom is 0.321 e. The number of nitrogens with zero attached hydrogens (tertiary/aromatic N) is 3. The monoisotopic (exact) mass is 367 g/mol. The summed E-state index contributed by atoms with van der Waals surface area (Å²) in [6.45, 7) is 16.3. The number of piperazine rings is 1. The van der Waals surface area contributed by atoms with Crippen molar-refractivity contribution in [3.8, 4) is 0 Å². The lowest BCUT2D eigenvalue weighted by Crippen LogP contribution is -2.58. The predicted molar refractivity (Wildman–Crippen MR) is 104 cm³/mol. The van der Waals surface area contributed by atoms with Gasteiger partial charge in [-0.05, 0) is 60.5 Å². The van der Waals surface area contributed by atoms with Gasteiger partial charge in [0.15, 0.2) is 0 Å². The lowest BCUT2D eigenvalue weighted by atomic mass is 10.0. The van der Waals surface area contributed by atoms with E-state index in [2.05, 4.69) is 39.2 Å². The molecule has 2 fully saturated rings. The number of piperidine rings is 1. The summed E-state index contributed by atoms with van der Waals surface area (Å²) in [6, 6.07) is 0.641. The largest absolute Gasteiger partial charge is 0.336 e. The summed E-state index contributed by atoms with van der Waals surface area (Å²) in [6.07, 6.45) is 2.48. The molecule has 2 aliphatic rings. The molecule has 0 aliphatic carbocycles. The summed E-state index contributed by atoms with van der Waals surface area (Å²) < 4.78 is 0. The van der Waals surface area contributed by atoms with Crippen LogP contribution in [0.15, 0.2) is 0 Å². The van der Waals surface area contributed by atoms with Gasteiger partial charge in [0.05, 0.1) is 6.04 Å². The normalized spacial score (nSPS) is 22.6. The first kappa shape index (κ1) is 21.1. The first-order chi connectivity index (χ1) is 12.3. The predicted octanol–water partition coefficient (Wildman–Crippen LogP) is 1.10. The molecule has 0 spiro atoms. The molecule has 3 amide bonds. The molecule has 2 heterocycles. The van der Waals surface area contributed by atoms with Crippen molar-refractivity contribution in [2.75, 3.05) is 39.3 Å². The minimum atomic E-state index is -0.410. The number of carbonyl (C=O) groups excluding carboxylic acids is 2. The van der Waals surface area contributed by atoms with Crippen LogP contribution in [0.5, 0.6) is 0 Å². The van der Waals surface area contributed by atoms with Crippen LogP contribution in [0.4, 0.5) is 4.79 Å². The van der Waals surface area contributed by atoms with Crippen LogP contribution in [0.1, 0.15) is 47.5 Å². The molecule has 26 heavy (non-hydrogen) atoms. The molecule has 150 valence electrons. The van der Waals surface area contributed by atoms with Gasteiger partial charge in [-0.15, -0.1) is 0 Å². The van der Waals surface area contributed by atoms with Crippen LogP contribution >= 0.6 is 0 Å². The molecule has 0 radical (unpaired) electrons. The number of imide groups is 1. The summed E-state index contributed by atoms with van der Waals surface area (Å²) in [4.78, 5) is 31.3. The first-order valence-electron chi connectivity index (χ1n) is 10.1. The summed E-state index contributed by atoms with van der Waals surface area (Å²) in [7, 11) is 0. The first-order valence-corrected chi connectivity index (χ1v) is 10.1. The number of likely N-dealkylation sites (tertiary alicyclic amines) is 1. The third-order valence-corrected chi connectivity index (χ3v) is 5.68. The minimum Gasteiger partial charge on any atom is -0.336 e. The molecule has 2 aliphatic heterocycles. The van der Waals surface area contributed by atoms with E-state index in [0.29, 0.717) is 12.1 Å². The molecule has 0 bridgehead atoms. The average molecular weight is 368 g/mol. The van der Waals surface area contributed by atoms with Crippen LogP contribution in [0.25, 0.3) is 0 Å². The summed E-state index contributed by atoms with van der Waals surface area (Å²) in [5.74, 6) is -0.221. The highest BCUT2D eigenvalue weighted by Crippen LogP contribution is 2.20. The number of urea groups is 1. The maximum atomic E-state index is 12.3. The van der Waals surface area contributed by atoms with Gasteiger partial charge < -0.3 is 10.2 Å². The number of rotatable bonds is 5. The third kappa shape index (κ3) is 5.93. The molecule has 7 nitrogen and oxygen atoms in total. The Morgan fingerprint density at radius 2 is 1.42 bits per heavy atom. The number of carbonyl (C=O) groups is 2. The van der Waals surface area contributed by atoms with E-state index in [-0.39, 0.29) is 18.0 Å². The minimum absolute atomic E-state index is 0.0174. The van der Waals surface area contributed by atoms with Gasteiger partial charge in [0.2, 0.25) is 5.91 Å². The second kappa shape index (κ2) is 9.67. The zero-order valence-electron chi connectivity index (χ0n) is 17.1. The van der Waals surface area contributed by atoms with Gasteiger partial charge in [-0.3, -0.25) is 19.9 Å². The fourth-order valence-electron chi connectivity index (χ4n) is 3.94. The van der Waals surface area contributed by atoms with Crippen LogP contribution in [-0.2, 0) is 4.79 Å². The van der Waals surface area contributed by atoms with E-state index in [1.54, 1.807) is 0 Å². The standard InChI is InChI=1S/C19H37N5O2/c1-14(2)20-19(26)21-18(25)16(5)23-10-12-24(13-11-23)17-6-8-22(9-7-17)15(3)4/h14-17H,6-13H2,1-5H3,(H2,20,21,25,26)/t16-/m1/s1. The summed E-state index contributed by atoms with van der Waals surface area (Å²) >= 11 is 0. The Balaban J connectivity index is 1.74. The van der Waals surface area contributed by atoms with Crippen molar-refractivity contribution in [3.63, 3.8) is 0 Å². The highest BCUT2D eigenvalue weighted by atomic mass is 16.2. The zero-order valence-corrected chi connectivity index (χ0v) is 17.1. The van der Waals surface area contributed by atoms with Gasteiger partial charge in [-0.25, -0.2) is 4.79 Å². The lowest BCUT2D eigenvalue weighted by Gasteiger charge is -2.44. The van der Waals surface area contributed by atoms with Crippen molar-refractivity contribution < 1.29 is 9.59 Å². The lowest BCUT2D eigenvalue weighted by molar-refractivity contribution is -0.125. The van der Waals surface area contributed by atoms with Crippen molar-refractivity contribution >= 4 is 11.9 Å². The Hall–Kier alpha value is -1.18. The molecule has 0 aromatic rings. The number of hydrogen-bond donors (Lipinski definition) is 2. The van der Waals surface area contributed by atoms with Crippen LogP contribution in [0.2, 0.25) is 0 Å². The average Bonchev–Trinajstić information content (AvgIpc) is 2.60. The van der Waals surface area contributed by atoms with Crippen molar-refractivity contribution in [2.24, 2.45) is 0 Å². The van der Waals surface area contributed by atoms with Gasteiger partial charge in [-0.2, -0.15) is 0 Å². The van der Waals surface area contributed by atoms with E-state index >= 15 is 0 Å².